The number of nitrogens with zero attached hydrogens (tertiary/aromatic N) is 2. The maximum Gasteiger partial charge on any atom is 0.223 e. The molecule has 2 aromatic rings. The second kappa shape index (κ2) is 5.00. The number of anilines is 1. The minimum atomic E-state index is 0.0245. The molecule has 0 atom stereocenters. The van der Waals surface area contributed by atoms with Gasteiger partial charge in [-0.3, -0.25) is 9.78 Å². The molecule has 2 rings (SSSR count). The van der Waals surface area contributed by atoms with Crippen LogP contribution in [0.1, 0.15) is 12.5 Å². The lowest BCUT2D eigenvalue weighted by Crippen LogP contribution is -2.22. The summed E-state index contributed by atoms with van der Waals surface area (Å²) in [6.07, 6.45) is 1.81. The molecule has 18 heavy (non-hydrogen) atoms. The van der Waals surface area contributed by atoms with Crippen molar-refractivity contribution in [2.24, 2.45) is 0 Å². The van der Waals surface area contributed by atoms with Gasteiger partial charge < -0.3 is 4.90 Å². The zero-order valence-electron chi connectivity index (χ0n) is 10.8. The standard InChI is InChI=1S/C15H16N2O/c1-11-8-9-16-15(10-11)13-4-6-14(7-5-13)17(3)12(2)18/h4-10H,1-3H3. The summed E-state index contributed by atoms with van der Waals surface area (Å²) in [7, 11) is 1.77. The number of aryl methyl sites for hydroxylation is 1. The van der Waals surface area contributed by atoms with Crippen molar-refractivity contribution in [1.29, 1.82) is 0 Å². The van der Waals surface area contributed by atoms with Crippen LogP contribution in [0.4, 0.5) is 5.69 Å². The average Bonchev–Trinajstić information content (AvgIpc) is 2.38. The van der Waals surface area contributed by atoms with Gasteiger partial charge in [0.25, 0.3) is 0 Å². The van der Waals surface area contributed by atoms with Crippen LogP contribution in [0.3, 0.4) is 0 Å². The molecule has 0 saturated heterocycles. The molecule has 0 radical (unpaired) electrons. The summed E-state index contributed by atoms with van der Waals surface area (Å²) in [6, 6.07) is 11.8. The summed E-state index contributed by atoms with van der Waals surface area (Å²) >= 11 is 0. The number of rotatable bonds is 2. The van der Waals surface area contributed by atoms with E-state index in [9.17, 15) is 4.79 Å². The van der Waals surface area contributed by atoms with Crippen LogP contribution in [0.15, 0.2) is 42.6 Å². The summed E-state index contributed by atoms with van der Waals surface area (Å²) in [4.78, 5) is 17.2. The Morgan fingerprint density at radius 2 is 1.83 bits per heavy atom. The Kier molecular flexibility index (Phi) is 3.42. The van der Waals surface area contributed by atoms with E-state index in [0.29, 0.717) is 0 Å². The van der Waals surface area contributed by atoms with Crippen LogP contribution in [0, 0.1) is 6.92 Å². The van der Waals surface area contributed by atoms with Gasteiger partial charge in [-0.15, -0.1) is 0 Å². The highest BCUT2D eigenvalue weighted by atomic mass is 16.2. The molecule has 0 aliphatic heterocycles. The first-order valence-electron chi connectivity index (χ1n) is 5.85. The number of benzene rings is 1. The van der Waals surface area contributed by atoms with Gasteiger partial charge in [0.2, 0.25) is 5.91 Å². The van der Waals surface area contributed by atoms with Crippen LogP contribution < -0.4 is 4.90 Å². The zero-order valence-corrected chi connectivity index (χ0v) is 10.8. The lowest BCUT2D eigenvalue weighted by Gasteiger charge is -2.15. The maximum atomic E-state index is 11.3. The number of carbonyl (C=O) groups is 1. The number of pyridine rings is 1. The number of carbonyl (C=O) groups excluding carboxylic acids is 1. The van der Waals surface area contributed by atoms with Gasteiger partial charge in [0.15, 0.2) is 0 Å². The predicted octanol–water partition coefficient (Wildman–Crippen LogP) is 3.04. The molecule has 0 unspecified atom stereocenters. The molecule has 0 saturated carbocycles. The largest absolute Gasteiger partial charge is 0.316 e. The van der Waals surface area contributed by atoms with Gasteiger partial charge in [-0.05, 0) is 36.8 Å². The van der Waals surface area contributed by atoms with Crippen molar-refractivity contribution in [3.05, 3.63) is 48.2 Å². The molecule has 92 valence electrons. The zero-order chi connectivity index (χ0) is 13.1. The summed E-state index contributed by atoms with van der Waals surface area (Å²) in [6.45, 7) is 3.60. The van der Waals surface area contributed by atoms with Crippen molar-refractivity contribution in [3.8, 4) is 11.3 Å². The molecule has 1 heterocycles. The van der Waals surface area contributed by atoms with Crippen LogP contribution in [0.25, 0.3) is 11.3 Å². The Labute approximate surface area is 107 Å². The van der Waals surface area contributed by atoms with Crippen LogP contribution >= 0.6 is 0 Å². The molecule has 1 amide bonds. The minimum absolute atomic E-state index is 0.0245. The molecular formula is C15H16N2O. The average molecular weight is 240 g/mol. The second-order valence-corrected chi connectivity index (χ2v) is 4.34. The van der Waals surface area contributed by atoms with E-state index in [4.69, 9.17) is 0 Å². The molecule has 3 nitrogen and oxygen atoms in total. The molecule has 3 heteroatoms. The molecule has 0 aliphatic rings. The fourth-order valence-corrected chi connectivity index (χ4v) is 1.73. The summed E-state index contributed by atoms with van der Waals surface area (Å²) in [5.74, 6) is 0.0245. The third-order valence-corrected chi connectivity index (χ3v) is 2.94. The van der Waals surface area contributed by atoms with Crippen molar-refractivity contribution < 1.29 is 4.79 Å². The third-order valence-electron chi connectivity index (χ3n) is 2.94. The fraction of sp³-hybridized carbons (Fsp3) is 0.200. The third kappa shape index (κ3) is 2.56. The van der Waals surface area contributed by atoms with Crippen molar-refractivity contribution in [2.45, 2.75) is 13.8 Å². The predicted molar refractivity (Wildman–Crippen MR) is 73.5 cm³/mol. The minimum Gasteiger partial charge on any atom is -0.316 e. The number of hydrogen-bond donors (Lipinski definition) is 0. The van der Waals surface area contributed by atoms with Gasteiger partial charge in [0, 0.05) is 31.4 Å². The van der Waals surface area contributed by atoms with Gasteiger partial charge in [0.05, 0.1) is 5.69 Å². The normalized spacial score (nSPS) is 10.2. The quantitative estimate of drug-likeness (QED) is 0.808. The molecule has 0 spiro atoms. The Hall–Kier alpha value is -2.16. The first kappa shape index (κ1) is 12.3. The highest BCUT2D eigenvalue weighted by Crippen LogP contribution is 2.21. The molecule has 0 bridgehead atoms. The first-order chi connectivity index (χ1) is 8.58. The number of amides is 1. The molecule has 0 N–H and O–H groups in total. The van der Waals surface area contributed by atoms with Crippen LogP contribution in [-0.2, 0) is 4.79 Å². The SMILES string of the molecule is CC(=O)N(C)c1ccc(-c2cc(C)ccn2)cc1. The van der Waals surface area contributed by atoms with Crippen LogP contribution in [0.5, 0.6) is 0 Å². The van der Waals surface area contributed by atoms with E-state index >= 15 is 0 Å². The highest BCUT2D eigenvalue weighted by molar-refractivity contribution is 5.91. The lowest BCUT2D eigenvalue weighted by atomic mass is 10.1. The number of aromatic nitrogens is 1. The summed E-state index contributed by atoms with van der Waals surface area (Å²) in [5.41, 5.74) is 4.08. The van der Waals surface area contributed by atoms with Gasteiger partial charge in [-0.1, -0.05) is 12.1 Å². The van der Waals surface area contributed by atoms with Gasteiger partial charge in [-0.2, -0.15) is 0 Å². The number of hydrogen-bond acceptors (Lipinski definition) is 2. The Bertz CT molecular complexity index is 561. The summed E-state index contributed by atoms with van der Waals surface area (Å²) in [5, 5.41) is 0. The van der Waals surface area contributed by atoms with Gasteiger partial charge in [0.1, 0.15) is 0 Å². The van der Waals surface area contributed by atoms with Gasteiger partial charge >= 0.3 is 0 Å². The maximum absolute atomic E-state index is 11.3. The fourth-order valence-electron chi connectivity index (χ4n) is 1.73. The molecule has 1 aromatic carbocycles. The summed E-state index contributed by atoms with van der Waals surface area (Å²) < 4.78 is 0. The van der Waals surface area contributed by atoms with E-state index in [1.807, 2.05) is 43.3 Å². The van der Waals surface area contributed by atoms with Gasteiger partial charge in [-0.25, -0.2) is 0 Å². The second-order valence-electron chi connectivity index (χ2n) is 4.34. The van der Waals surface area contributed by atoms with Crippen molar-refractivity contribution in [1.82, 2.24) is 4.98 Å². The van der Waals surface area contributed by atoms with E-state index in [2.05, 4.69) is 4.98 Å². The van der Waals surface area contributed by atoms with Crippen LogP contribution in [0.2, 0.25) is 0 Å². The first-order valence-corrected chi connectivity index (χ1v) is 5.85. The van der Waals surface area contributed by atoms with Crippen molar-refractivity contribution in [2.75, 3.05) is 11.9 Å². The van der Waals surface area contributed by atoms with E-state index in [1.54, 1.807) is 25.1 Å². The van der Waals surface area contributed by atoms with E-state index in [1.165, 1.54) is 5.56 Å². The van der Waals surface area contributed by atoms with Crippen molar-refractivity contribution in [3.63, 3.8) is 0 Å². The molecule has 0 aliphatic carbocycles. The lowest BCUT2D eigenvalue weighted by molar-refractivity contribution is -0.116. The monoisotopic (exact) mass is 240 g/mol. The molecular weight excluding hydrogens is 224 g/mol. The van der Waals surface area contributed by atoms with E-state index in [-0.39, 0.29) is 5.91 Å². The Morgan fingerprint density at radius 1 is 1.17 bits per heavy atom. The smallest absolute Gasteiger partial charge is 0.223 e. The van der Waals surface area contributed by atoms with Crippen molar-refractivity contribution >= 4 is 11.6 Å². The van der Waals surface area contributed by atoms with E-state index in [0.717, 1.165) is 16.9 Å². The highest BCUT2D eigenvalue weighted by Gasteiger charge is 2.05. The van der Waals surface area contributed by atoms with Crippen LogP contribution in [-0.4, -0.2) is 17.9 Å². The Balaban J connectivity index is 2.30. The van der Waals surface area contributed by atoms with E-state index < -0.39 is 0 Å². The molecule has 1 aromatic heterocycles. The Morgan fingerprint density at radius 3 is 2.39 bits per heavy atom. The topological polar surface area (TPSA) is 33.2 Å². The molecule has 0 fully saturated rings.